The minimum Gasteiger partial charge on any atom is -0.323 e. The molecular formula is C24H23NS. The Labute approximate surface area is 159 Å². The first-order valence-corrected chi connectivity index (χ1v) is 10.1. The van der Waals surface area contributed by atoms with Gasteiger partial charge in [0.25, 0.3) is 0 Å². The van der Waals surface area contributed by atoms with Gasteiger partial charge in [0.15, 0.2) is 0 Å². The van der Waals surface area contributed by atoms with Crippen LogP contribution in [0.2, 0.25) is 0 Å². The third-order valence-electron chi connectivity index (χ3n) is 4.81. The Morgan fingerprint density at radius 3 is 2.31 bits per heavy atom. The number of nitrogens with zero attached hydrogens (tertiary/aromatic N) is 1. The molecule has 2 aromatic carbocycles. The van der Waals surface area contributed by atoms with Gasteiger partial charge in [0.05, 0.1) is 0 Å². The number of thioether (sulfide) groups is 1. The summed E-state index contributed by atoms with van der Waals surface area (Å²) in [6, 6.07) is 26.1. The van der Waals surface area contributed by atoms with Gasteiger partial charge in [-0.25, -0.2) is 0 Å². The molecule has 2 aromatic heterocycles. The van der Waals surface area contributed by atoms with Crippen LogP contribution in [0.15, 0.2) is 90.1 Å². The lowest BCUT2D eigenvalue weighted by atomic mass is 10.0. The number of hydrogen-bond acceptors (Lipinski definition) is 1. The van der Waals surface area contributed by atoms with Crippen molar-refractivity contribution in [1.82, 2.24) is 4.40 Å². The molecule has 130 valence electrons. The number of fused-ring (bicyclic) bond motifs is 1. The van der Waals surface area contributed by atoms with Gasteiger partial charge in [0.1, 0.15) is 0 Å². The van der Waals surface area contributed by atoms with Gasteiger partial charge in [0.2, 0.25) is 0 Å². The molecule has 0 aliphatic carbocycles. The molecular weight excluding hydrogens is 334 g/mol. The van der Waals surface area contributed by atoms with Gasteiger partial charge in [-0.1, -0.05) is 62.4 Å². The predicted molar refractivity (Wildman–Crippen MR) is 113 cm³/mol. The van der Waals surface area contributed by atoms with Crippen LogP contribution in [0, 0.1) is 0 Å². The fraction of sp³-hybridized carbons (Fsp3) is 0.167. The lowest BCUT2D eigenvalue weighted by Gasteiger charge is -2.08. The van der Waals surface area contributed by atoms with Crippen LogP contribution in [0.5, 0.6) is 0 Å². The Hall–Kier alpha value is -2.45. The second-order valence-corrected chi connectivity index (χ2v) is 7.94. The van der Waals surface area contributed by atoms with Crippen LogP contribution in [-0.4, -0.2) is 4.40 Å². The summed E-state index contributed by atoms with van der Waals surface area (Å²) < 4.78 is 2.24. The van der Waals surface area contributed by atoms with Crippen LogP contribution >= 0.6 is 11.8 Å². The Morgan fingerprint density at radius 2 is 1.58 bits per heavy atom. The second-order valence-electron chi connectivity index (χ2n) is 6.89. The van der Waals surface area contributed by atoms with E-state index in [1.165, 1.54) is 32.7 Å². The van der Waals surface area contributed by atoms with Crippen molar-refractivity contribution in [3.05, 3.63) is 96.3 Å². The van der Waals surface area contributed by atoms with E-state index < -0.39 is 0 Å². The van der Waals surface area contributed by atoms with Crippen LogP contribution in [0.1, 0.15) is 30.9 Å². The highest BCUT2D eigenvalue weighted by atomic mass is 32.2. The molecule has 2 heteroatoms. The minimum absolute atomic E-state index is 0.578. The van der Waals surface area contributed by atoms with Gasteiger partial charge >= 0.3 is 0 Å². The Kier molecular flexibility index (Phi) is 4.85. The van der Waals surface area contributed by atoms with Gasteiger partial charge in [-0.2, -0.15) is 0 Å². The summed E-state index contributed by atoms with van der Waals surface area (Å²) in [6.07, 6.45) is 4.38. The first kappa shape index (κ1) is 17.0. The van der Waals surface area contributed by atoms with Crippen LogP contribution in [-0.2, 0) is 5.75 Å². The highest BCUT2D eigenvalue weighted by molar-refractivity contribution is 7.98. The molecule has 0 N–H and O–H groups in total. The number of benzene rings is 2. The summed E-state index contributed by atoms with van der Waals surface area (Å²) in [7, 11) is 0. The van der Waals surface area contributed by atoms with E-state index in [1.807, 2.05) is 11.8 Å². The quantitative estimate of drug-likeness (QED) is 0.347. The third-order valence-corrected chi connectivity index (χ3v) is 5.85. The number of rotatable bonds is 5. The van der Waals surface area contributed by atoms with E-state index in [9.17, 15) is 0 Å². The molecule has 4 aromatic rings. The van der Waals surface area contributed by atoms with Crippen molar-refractivity contribution < 1.29 is 0 Å². The third kappa shape index (κ3) is 3.42. The molecule has 0 spiro atoms. The molecule has 0 bridgehead atoms. The van der Waals surface area contributed by atoms with Crippen LogP contribution in [0.4, 0.5) is 0 Å². The molecule has 0 aliphatic heterocycles. The molecule has 0 radical (unpaired) electrons. The van der Waals surface area contributed by atoms with Crippen LogP contribution < -0.4 is 0 Å². The minimum atomic E-state index is 0.578. The fourth-order valence-corrected chi connectivity index (χ4v) is 4.25. The van der Waals surface area contributed by atoms with Crippen molar-refractivity contribution in [3.63, 3.8) is 0 Å². The summed E-state index contributed by atoms with van der Waals surface area (Å²) >= 11 is 1.91. The summed E-state index contributed by atoms with van der Waals surface area (Å²) in [5, 5.41) is 0. The standard InChI is InChI=1S/C24H23NS/c1-18(2)19-11-13-21(14-12-19)26-17-23-22(20-8-4-3-5-9-20)16-25-15-7-6-10-24(23)25/h3-16,18H,17H2,1-2H3. The summed E-state index contributed by atoms with van der Waals surface area (Å²) in [4.78, 5) is 1.32. The van der Waals surface area contributed by atoms with Gasteiger partial charge in [0, 0.05) is 34.1 Å². The Bertz CT molecular complexity index is 998. The fourth-order valence-electron chi connectivity index (χ4n) is 3.30. The molecule has 0 saturated heterocycles. The van der Waals surface area contributed by atoms with Crippen molar-refractivity contribution in [2.45, 2.75) is 30.4 Å². The molecule has 0 saturated carbocycles. The monoisotopic (exact) mass is 357 g/mol. The molecule has 0 aliphatic rings. The van der Waals surface area contributed by atoms with E-state index in [2.05, 4.69) is 103 Å². The average Bonchev–Trinajstić information content (AvgIpc) is 3.06. The van der Waals surface area contributed by atoms with Crippen molar-refractivity contribution in [2.75, 3.05) is 0 Å². The molecule has 4 rings (SSSR count). The van der Waals surface area contributed by atoms with E-state index in [-0.39, 0.29) is 0 Å². The molecule has 1 nitrogen and oxygen atoms in total. The maximum atomic E-state index is 2.25. The van der Waals surface area contributed by atoms with E-state index >= 15 is 0 Å². The summed E-state index contributed by atoms with van der Waals surface area (Å²) in [6.45, 7) is 4.48. The summed E-state index contributed by atoms with van der Waals surface area (Å²) in [5.74, 6) is 1.54. The average molecular weight is 358 g/mol. The molecule has 0 unspecified atom stereocenters. The molecule has 0 amide bonds. The first-order chi connectivity index (χ1) is 12.7. The second kappa shape index (κ2) is 7.43. The van der Waals surface area contributed by atoms with Crippen LogP contribution in [0.25, 0.3) is 16.6 Å². The van der Waals surface area contributed by atoms with Crippen molar-refractivity contribution in [1.29, 1.82) is 0 Å². The lowest BCUT2D eigenvalue weighted by Crippen LogP contribution is -1.87. The Balaban J connectivity index is 1.67. The largest absolute Gasteiger partial charge is 0.323 e. The lowest BCUT2D eigenvalue weighted by molar-refractivity contribution is 0.865. The smallest absolute Gasteiger partial charge is 0.0496 e. The van der Waals surface area contributed by atoms with E-state index in [0.29, 0.717) is 5.92 Å². The zero-order valence-corrected chi connectivity index (χ0v) is 16.0. The zero-order chi connectivity index (χ0) is 17.9. The highest BCUT2D eigenvalue weighted by Crippen LogP contribution is 2.34. The highest BCUT2D eigenvalue weighted by Gasteiger charge is 2.12. The van der Waals surface area contributed by atoms with E-state index in [4.69, 9.17) is 0 Å². The van der Waals surface area contributed by atoms with Gasteiger partial charge in [-0.15, -0.1) is 11.8 Å². The molecule has 2 heterocycles. The van der Waals surface area contributed by atoms with Gasteiger partial charge in [-0.3, -0.25) is 0 Å². The van der Waals surface area contributed by atoms with Gasteiger partial charge < -0.3 is 4.40 Å². The van der Waals surface area contributed by atoms with Gasteiger partial charge in [-0.05, 0) is 46.9 Å². The number of pyridine rings is 1. The Morgan fingerprint density at radius 1 is 0.846 bits per heavy atom. The van der Waals surface area contributed by atoms with Crippen LogP contribution in [0.3, 0.4) is 0 Å². The normalized spacial score (nSPS) is 11.3. The van der Waals surface area contributed by atoms with E-state index in [0.717, 1.165) is 5.75 Å². The van der Waals surface area contributed by atoms with Crippen molar-refractivity contribution in [2.24, 2.45) is 0 Å². The van der Waals surface area contributed by atoms with E-state index in [1.54, 1.807) is 0 Å². The molecule has 0 fully saturated rings. The number of hydrogen-bond donors (Lipinski definition) is 0. The maximum absolute atomic E-state index is 2.25. The van der Waals surface area contributed by atoms with Crippen molar-refractivity contribution in [3.8, 4) is 11.1 Å². The predicted octanol–water partition coefficient (Wildman–Crippen LogP) is 7.02. The molecule has 0 atom stereocenters. The van der Waals surface area contributed by atoms with Crippen molar-refractivity contribution >= 4 is 17.3 Å². The molecule has 26 heavy (non-hydrogen) atoms. The summed E-state index contributed by atoms with van der Waals surface area (Å²) in [5.41, 5.74) is 6.69. The zero-order valence-electron chi connectivity index (χ0n) is 15.2. The number of aromatic nitrogens is 1. The first-order valence-electron chi connectivity index (χ1n) is 9.09. The topological polar surface area (TPSA) is 4.41 Å². The SMILES string of the molecule is CC(C)c1ccc(SCc2c(-c3ccccc3)cn3ccccc23)cc1. The maximum Gasteiger partial charge on any atom is 0.0496 e.